The Kier molecular flexibility index (Phi) is 4.94. The Hall–Kier alpha value is -1.07. The molecule has 4 nitrogen and oxygen atoms in total. The number of ether oxygens (including phenoxy) is 1. The molecular weight excluding hydrogens is 332 g/mol. The molecule has 0 spiro atoms. The monoisotopic (exact) mass is 354 g/mol. The number of nitrogens with two attached hydrogens (primary N) is 1. The predicted molar refractivity (Wildman–Crippen MR) is 87.2 cm³/mol. The molecule has 0 unspecified atom stereocenters. The van der Waals surface area contributed by atoms with Crippen LogP contribution in [0.25, 0.3) is 0 Å². The average Bonchev–Trinajstić information content (AvgIpc) is 2.69. The summed E-state index contributed by atoms with van der Waals surface area (Å²) >= 11 is 3.47. The molecule has 0 aromatic heterocycles. The third-order valence-electron chi connectivity index (χ3n) is 3.56. The van der Waals surface area contributed by atoms with Crippen molar-refractivity contribution in [1.29, 1.82) is 0 Å². The zero-order chi connectivity index (χ0) is 15.6. The Morgan fingerprint density at radius 2 is 2.19 bits per heavy atom. The Morgan fingerprint density at radius 1 is 1.48 bits per heavy atom. The highest BCUT2D eigenvalue weighted by Crippen LogP contribution is 2.24. The van der Waals surface area contributed by atoms with Crippen molar-refractivity contribution in [2.24, 2.45) is 5.73 Å². The second-order valence-corrected chi connectivity index (χ2v) is 7.44. The molecule has 1 aromatic carbocycles. The van der Waals surface area contributed by atoms with Crippen molar-refractivity contribution >= 4 is 22.0 Å². The first-order valence-corrected chi connectivity index (χ1v) is 8.05. The zero-order valence-corrected chi connectivity index (χ0v) is 14.4. The van der Waals surface area contributed by atoms with Crippen molar-refractivity contribution in [2.45, 2.75) is 51.3 Å². The van der Waals surface area contributed by atoms with Crippen LogP contribution >= 0.6 is 15.9 Å². The minimum Gasteiger partial charge on any atom is -0.444 e. The highest BCUT2D eigenvalue weighted by molar-refractivity contribution is 9.10. The highest BCUT2D eigenvalue weighted by atomic mass is 79.9. The number of carbonyl (C=O) groups excluding carboxylic acids is 1. The molecule has 116 valence electrons. The molecule has 0 aliphatic carbocycles. The van der Waals surface area contributed by atoms with Gasteiger partial charge in [0.1, 0.15) is 5.60 Å². The Bertz CT molecular complexity index is 513. The Morgan fingerprint density at radius 3 is 2.81 bits per heavy atom. The van der Waals surface area contributed by atoms with Crippen LogP contribution in [0.15, 0.2) is 28.7 Å². The van der Waals surface area contributed by atoms with E-state index in [4.69, 9.17) is 10.5 Å². The fourth-order valence-electron chi connectivity index (χ4n) is 2.59. The number of amides is 1. The van der Waals surface area contributed by atoms with E-state index in [1.807, 2.05) is 32.9 Å². The van der Waals surface area contributed by atoms with Crippen molar-refractivity contribution in [3.63, 3.8) is 0 Å². The van der Waals surface area contributed by atoms with Gasteiger partial charge in [-0.15, -0.1) is 0 Å². The standard InChI is InChI=1S/C16H23BrN2O2/c1-16(2,3)21-15(20)19-8-7-13(18)14(19)10-11-5-4-6-12(17)9-11/h4-6,9,13-14H,7-8,10,18H2,1-3H3/t13-,14-/m0/s1. The van der Waals surface area contributed by atoms with Gasteiger partial charge < -0.3 is 15.4 Å². The molecule has 1 fully saturated rings. The van der Waals surface area contributed by atoms with Crippen LogP contribution in [0.4, 0.5) is 4.79 Å². The van der Waals surface area contributed by atoms with E-state index in [-0.39, 0.29) is 18.2 Å². The van der Waals surface area contributed by atoms with Crippen molar-refractivity contribution < 1.29 is 9.53 Å². The zero-order valence-electron chi connectivity index (χ0n) is 12.8. The van der Waals surface area contributed by atoms with E-state index in [9.17, 15) is 4.79 Å². The maximum absolute atomic E-state index is 12.3. The molecular formula is C16H23BrN2O2. The lowest BCUT2D eigenvalue weighted by Crippen LogP contribution is -2.46. The van der Waals surface area contributed by atoms with Crippen molar-refractivity contribution in [3.05, 3.63) is 34.3 Å². The van der Waals surface area contributed by atoms with Crippen LogP contribution in [0.2, 0.25) is 0 Å². The largest absolute Gasteiger partial charge is 0.444 e. The number of benzene rings is 1. The van der Waals surface area contributed by atoms with E-state index < -0.39 is 5.60 Å². The number of hydrogen-bond acceptors (Lipinski definition) is 3. The van der Waals surface area contributed by atoms with Crippen LogP contribution in [-0.4, -0.2) is 35.2 Å². The second kappa shape index (κ2) is 6.36. The predicted octanol–water partition coefficient (Wildman–Crippen LogP) is 3.33. The minimum atomic E-state index is -0.482. The summed E-state index contributed by atoms with van der Waals surface area (Å²) in [4.78, 5) is 14.1. The van der Waals surface area contributed by atoms with Crippen LogP contribution in [0, 0.1) is 0 Å². The van der Waals surface area contributed by atoms with Gasteiger partial charge in [0.2, 0.25) is 0 Å². The molecule has 2 atom stereocenters. The summed E-state index contributed by atoms with van der Waals surface area (Å²) in [6, 6.07) is 8.11. The van der Waals surface area contributed by atoms with Crippen LogP contribution in [0.3, 0.4) is 0 Å². The van der Waals surface area contributed by atoms with E-state index in [0.717, 1.165) is 17.3 Å². The third-order valence-corrected chi connectivity index (χ3v) is 4.05. The van der Waals surface area contributed by atoms with Gasteiger partial charge in [0.15, 0.2) is 0 Å². The quantitative estimate of drug-likeness (QED) is 0.885. The summed E-state index contributed by atoms with van der Waals surface area (Å²) in [7, 11) is 0. The number of hydrogen-bond donors (Lipinski definition) is 1. The molecule has 21 heavy (non-hydrogen) atoms. The molecule has 2 rings (SSSR count). The van der Waals surface area contributed by atoms with Gasteiger partial charge in [0.25, 0.3) is 0 Å². The van der Waals surface area contributed by atoms with Gasteiger partial charge in [0, 0.05) is 17.1 Å². The van der Waals surface area contributed by atoms with Crippen molar-refractivity contribution in [2.75, 3.05) is 6.54 Å². The van der Waals surface area contributed by atoms with Crippen molar-refractivity contribution in [1.82, 2.24) is 4.90 Å². The average molecular weight is 355 g/mol. The number of halogens is 1. The molecule has 2 N–H and O–H groups in total. The molecule has 1 aromatic rings. The topological polar surface area (TPSA) is 55.6 Å². The molecule has 0 bridgehead atoms. The highest BCUT2D eigenvalue weighted by Gasteiger charge is 2.37. The molecule has 0 saturated carbocycles. The molecule has 1 heterocycles. The van der Waals surface area contributed by atoms with Gasteiger partial charge in [-0.3, -0.25) is 0 Å². The Labute approximate surface area is 134 Å². The van der Waals surface area contributed by atoms with E-state index in [1.165, 1.54) is 5.56 Å². The molecule has 1 aliphatic heterocycles. The van der Waals surface area contributed by atoms with Gasteiger partial charge >= 0.3 is 6.09 Å². The fourth-order valence-corrected chi connectivity index (χ4v) is 3.04. The van der Waals surface area contributed by atoms with Crippen LogP contribution in [-0.2, 0) is 11.2 Å². The summed E-state index contributed by atoms with van der Waals surface area (Å²) in [6.45, 7) is 6.30. The lowest BCUT2D eigenvalue weighted by molar-refractivity contribution is 0.0220. The smallest absolute Gasteiger partial charge is 0.410 e. The first-order valence-electron chi connectivity index (χ1n) is 7.26. The summed E-state index contributed by atoms with van der Waals surface area (Å²) in [5.74, 6) is 0. The first kappa shape index (κ1) is 16.3. The number of carbonyl (C=O) groups is 1. The van der Waals surface area contributed by atoms with Gasteiger partial charge in [-0.1, -0.05) is 28.1 Å². The lowest BCUT2D eigenvalue weighted by Gasteiger charge is -2.30. The van der Waals surface area contributed by atoms with E-state index >= 15 is 0 Å². The third kappa shape index (κ3) is 4.45. The maximum atomic E-state index is 12.3. The summed E-state index contributed by atoms with van der Waals surface area (Å²) in [6.07, 6.45) is 1.30. The van der Waals surface area contributed by atoms with E-state index in [0.29, 0.717) is 6.54 Å². The van der Waals surface area contributed by atoms with Crippen LogP contribution in [0.5, 0.6) is 0 Å². The van der Waals surface area contributed by atoms with E-state index in [2.05, 4.69) is 28.1 Å². The maximum Gasteiger partial charge on any atom is 0.410 e. The minimum absolute atomic E-state index is 0.00324. The summed E-state index contributed by atoms with van der Waals surface area (Å²) < 4.78 is 6.52. The molecule has 1 amide bonds. The van der Waals surface area contributed by atoms with Crippen molar-refractivity contribution in [3.8, 4) is 0 Å². The lowest BCUT2D eigenvalue weighted by atomic mass is 10.0. The van der Waals surface area contributed by atoms with Gasteiger partial charge in [0.05, 0.1) is 6.04 Å². The normalized spacial score (nSPS) is 22.4. The molecule has 1 saturated heterocycles. The van der Waals surface area contributed by atoms with Crippen LogP contribution < -0.4 is 5.73 Å². The van der Waals surface area contributed by atoms with Gasteiger partial charge in [-0.05, 0) is 51.3 Å². The number of rotatable bonds is 2. The molecule has 1 aliphatic rings. The number of likely N-dealkylation sites (tertiary alicyclic amines) is 1. The second-order valence-electron chi connectivity index (χ2n) is 6.53. The van der Waals surface area contributed by atoms with Gasteiger partial charge in [-0.2, -0.15) is 0 Å². The SMILES string of the molecule is CC(C)(C)OC(=O)N1CC[C@H](N)[C@@H]1Cc1cccc(Br)c1. The molecule has 5 heteroatoms. The molecule has 0 radical (unpaired) electrons. The fraction of sp³-hybridized carbons (Fsp3) is 0.562. The summed E-state index contributed by atoms with van der Waals surface area (Å²) in [5.41, 5.74) is 6.88. The van der Waals surface area contributed by atoms with E-state index in [1.54, 1.807) is 4.90 Å². The van der Waals surface area contributed by atoms with Crippen LogP contribution in [0.1, 0.15) is 32.8 Å². The summed E-state index contributed by atoms with van der Waals surface area (Å²) in [5, 5.41) is 0. The Balaban J connectivity index is 2.10. The van der Waals surface area contributed by atoms with Gasteiger partial charge in [-0.25, -0.2) is 4.79 Å². The first-order chi connectivity index (χ1) is 9.76. The number of nitrogens with zero attached hydrogens (tertiary/aromatic N) is 1.